The zero-order valence-corrected chi connectivity index (χ0v) is 13.8. The molecule has 3 rings (SSSR count). The number of rotatable bonds is 2. The zero-order chi connectivity index (χ0) is 14.3. The maximum absolute atomic E-state index is 6.23. The van der Waals surface area contributed by atoms with Crippen LogP contribution in [0.3, 0.4) is 0 Å². The first-order valence-corrected chi connectivity index (χ1v) is 7.80. The molecule has 0 saturated carbocycles. The van der Waals surface area contributed by atoms with E-state index in [1.807, 2.05) is 43.3 Å². The fourth-order valence-corrected chi connectivity index (χ4v) is 3.00. The Kier molecular flexibility index (Phi) is 3.76. The van der Waals surface area contributed by atoms with E-state index >= 15 is 0 Å². The summed E-state index contributed by atoms with van der Waals surface area (Å²) in [5.41, 5.74) is 3.96. The molecule has 5 heteroatoms. The van der Waals surface area contributed by atoms with Gasteiger partial charge in [-0.2, -0.15) is 0 Å². The van der Waals surface area contributed by atoms with Crippen LogP contribution in [0.4, 0.5) is 0 Å². The van der Waals surface area contributed by atoms with Gasteiger partial charge in [0.1, 0.15) is 5.82 Å². The number of fused-ring (bicyclic) bond motifs is 1. The number of alkyl halides is 1. The summed E-state index contributed by atoms with van der Waals surface area (Å²) >= 11 is 15.8. The van der Waals surface area contributed by atoms with Crippen LogP contribution in [-0.2, 0) is 5.88 Å². The van der Waals surface area contributed by atoms with Crippen LogP contribution in [0.25, 0.3) is 16.7 Å². The van der Waals surface area contributed by atoms with Crippen molar-refractivity contribution in [3.63, 3.8) is 0 Å². The van der Waals surface area contributed by atoms with Gasteiger partial charge in [0, 0.05) is 9.50 Å². The molecule has 0 aliphatic carbocycles. The van der Waals surface area contributed by atoms with E-state index in [2.05, 4.69) is 25.5 Å². The second-order valence-electron chi connectivity index (χ2n) is 4.51. The van der Waals surface area contributed by atoms with E-state index in [1.54, 1.807) is 0 Å². The summed E-state index contributed by atoms with van der Waals surface area (Å²) in [6.45, 7) is 2.00. The van der Waals surface area contributed by atoms with E-state index in [4.69, 9.17) is 23.2 Å². The van der Waals surface area contributed by atoms with Gasteiger partial charge in [-0.3, -0.25) is 4.57 Å². The van der Waals surface area contributed by atoms with Crippen molar-refractivity contribution in [2.45, 2.75) is 12.8 Å². The molecule has 0 aliphatic rings. The first-order valence-electron chi connectivity index (χ1n) is 6.10. The van der Waals surface area contributed by atoms with Crippen LogP contribution in [0.1, 0.15) is 11.4 Å². The molecule has 0 amide bonds. The Hall–Kier alpha value is -1.03. The van der Waals surface area contributed by atoms with E-state index in [0.717, 1.165) is 37.6 Å². The van der Waals surface area contributed by atoms with E-state index in [9.17, 15) is 0 Å². The normalized spacial score (nSPS) is 11.2. The Labute approximate surface area is 135 Å². The first kappa shape index (κ1) is 13.9. The van der Waals surface area contributed by atoms with Gasteiger partial charge >= 0.3 is 0 Å². The third-order valence-electron chi connectivity index (χ3n) is 3.29. The molecular weight excluding hydrogens is 359 g/mol. The molecule has 0 atom stereocenters. The summed E-state index contributed by atoms with van der Waals surface area (Å²) < 4.78 is 3.06. The molecule has 0 bridgehead atoms. The second kappa shape index (κ2) is 5.40. The van der Waals surface area contributed by atoms with E-state index in [-0.39, 0.29) is 0 Å². The molecule has 0 radical (unpaired) electrons. The third-order valence-corrected chi connectivity index (χ3v) is 4.43. The maximum atomic E-state index is 6.23. The fourth-order valence-electron chi connectivity index (χ4n) is 2.30. The molecule has 0 saturated heterocycles. The SMILES string of the molecule is Cc1c(Cl)cccc1-n1c(CCl)nc2cc(Br)ccc21. The van der Waals surface area contributed by atoms with Crippen molar-refractivity contribution < 1.29 is 0 Å². The van der Waals surface area contributed by atoms with Gasteiger partial charge in [-0.05, 0) is 42.8 Å². The minimum Gasteiger partial charge on any atom is -0.295 e. The van der Waals surface area contributed by atoms with Crippen LogP contribution in [-0.4, -0.2) is 9.55 Å². The lowest BCUT2D eigenvalue weighted by atomic mass is 10.2. The van der Waals surface area contributed by atoms with Crippen molar-refractivity contribution in [3.8, 4) is 5.69 Å². The fraction of sp³-hybridized carbons (Fsp3) is 0.133. The highest BCUT2D eigenvalue weighted by molar-refractivity contribution is 9.10. The smallest absolute Gasteiger partial charge is 0.129 e. The van der Waals surface area contributed by atoms with Crippen molar-refractivity contribution >= 4 is 50.2 Å². The molecule has 2 aromatic carbocycles. The summed E-state index contributed by atoms with van der Waals surface area (Å²) in [7, 11) is 0. The number of hydrogen-bond acceptors (Lipinski definition) is 1. The number of aromatic nitrogens is 2. The molecule has 0 aliphatic heterocycles. The Morgan fingerprint density at radius 1 is 1.25 bits per heavy atom. The van der Waals surface area contributed by atoms with Crippen LogP contribution in [0.5, 0.6) is 0 Å². The number of hydrogen-bond donors (Lipinski definition) is 0. The molecule has 0 unspecified atom stereocenters. The second-order valence-corrected chi connectivity index (χ2v) is 6.10. The Morgan fingerprint density at radius 2 is 2.05 bits per heavy atom. The Bertz CT molecular complexity index is 796. The number of nitrogens with zero attached hydrogens (tertiary/aromatic N) is 2. The standard InChI is InChI=1S/C15H11BrCl2N2/c1-9-11(18)3-2-4-13(9)20-14-6-5-10(16)7-12(14)19-15(20)8-17/h2-7H,8H2,1H3. The summed E-state index contributed by atoms with van der Waals surface area (Å²) in [4.78, 5) is 4.60. The van der Waals surface area contributed by atoms with E-state index < -0.39 is 0 Å². The summed E-state index contributed by atoms with van der Waals surface area (Å²) in [5.74, 6) is 1.16. The van der Waals surface area contributed by atoms with Gasteiger partial charge in [0.05, 0.1) is 22.6 Å². The highest BCUT2D eigenvalue weighted by Crippen LogP contribution is 2.29. The number of benzene rings is 2. The average Bonchev–Trinajstić information content (AvgIpc) is 2.79. The van der Waals surface area contributed by atoms with Gasteiger partial charge in [-0.15, -0.1) is 11.6 Å². The average molecular weight is 370 g/mol. The van der Waals surface area contributed by atoms with Crippen molar-refractivity contribution in [1.82, 2.24) is 9.55 Å². The summed E-state index contributed by atoms with van der Waals surface area (Å²) in [6.07, 6.45) is 0. The van der Waals surface area contributed by atoms with Crippen LogP contribution >= 0.6 is 39.1 Å². The molecule has 3 aromatic rings. The van der Waals surface area contributed by atoms with Crippen LogP contribution in [0.15, 0.2) is 40.9 Å². The zero-order valence-electron chi connectivity index (χ0n) is 10.7. The van der Waals surface area contributed by atoms with Gasteiger partial charge in [0.2, 0.25) is 0 Å². The lowest BCUT2D eigenvalue weighted by Gasteiger charge is -2.12. The van der Waals surface area contributed by atoms with Crippen LogP contribution < -0.4 is 0 Å². The summed E-state index contributed by atoms with van der Waals surface area (Å²) in [5, 5.41) is 0.738. The Balaban J connectivity index is 2.37. The van der Waals surface area contributed by atoms with Gasteiger partial charge in [-0.1, -0.05) is 33.6 Å². The van der Waals surface area contributed by atoms with Gasteiger partial charge in [-0.25, -0.2) is 4.98 Å². The molecule has 2 nitrogen and oxygen atoms in total. The predicted octanol–water partition coefficient (Wildman–Crippen LogP) is 5.49. The predicted molar refractivity (Wildman–Crippen MR) is 88.1 cm³/mol. The third kappa shape index (κ3) is 2.24. The minimum absolute atomic E-state index is 0.345. The maximum Gasteiger partial charge on any atom is 0.129 e. The molecule has 0 N–H and O–H groups in total. The van der Waals surface area contributed by atoms with Crippen molar-refractivity contribution in [3.05, 3.63) is 57.3 Å². The number of halogens is 3. The monoisotopic (exact) mass is 368 g/mol. The largest absolute Gasteiger partial charge is 0.295 e. The first-order chi connectivity index (χ1) is 9.61. The molecule has 102 valence electrons. The van der Waals surface area contributed by atoms with E-state index in [1.165, 1.54) is 0 Å². The minimum atomic E-state index is 0.345. The number of imidazole rings is 1. The quantitative estimate of drug-likeness (QED) is 0.546. The molecule has 1 heterocycles. The lowest BCUT2D eigenvalue weighted by Crippen LogP contribution is -2.01. The molecule has 0 spiro atoms. The highest BCUT2D eigenvalue weighted by atomic mass is 79.9. The van der Waals surface area contributed by atoms with Gasteiger partial charge in [0.15, 0.2) is 0 Å². The van der Waals surface area contributed by atoms with Crippen LogP contribution in [0, 0.1) is 6.92 Å². The lowest BCUT2D eigenvalue weighted by molar-refractivity contribution is 0.972. The van der Waals surface area contributed by atoms with Crippen LogP contribution in [0.2, 0.25) is 5.02 Å². The molecule has 0 fully saturated rings. The molecular formula is C15H11BrCl2N2. The van der Waals surface area contributed by atoms with Crippen molar-refractivity contribution in [1.29, 1.82) is 0 Å². The summed E-state index contributed by atoms with van der Waals surface area (Å²) in [6, 6.07) is 11.9. The van der Waals surface area contributed by atoms with Gasteiger partial charge in [0.25, 0.3) is 0 Å². The highest BCUT2D eigenvalue weighted by Gasteiger charge is 2.14. The topological polar surface area (TPSA) is 17.8 Å². The van der Waals surface area contributed by atoms with Gasteiger partial charge < -0.3 is 0 Å². The Morgan fingerprint density at radius 3 is 2.80 bits per heavy atom. The molecule has 1 aromatic heterocycles. The van der Waals surface area contributed by atoms with Crippen molar-refractivity contribution in [2.75, 3.05) is 0 Å². The molecule has 20 heavy (non-hydrogen) atoms. The van der Waals surface area contributed by atoms with Crippen molar-refractivity contribution in [2.24, 2.45) is 0 Å². The van der Waals surface area contributed by atoms with E-state index in [0.29, 0.717) is 5.88 Å².